The fourth-order valence-electron chi connectivity index (χ4n) is 2.71. The minimum Gasteiger partial charge on any atom is -0.332 e. The Morgan fingerprint density at radius 2 is 1.56 bits per heavy atom. The van der Waals surface area contributed by atoms with Gasteiger partial charge in [0, 0.05) is 23.4 Å². The highest BCUT2D eigenvalue weighted by molar-refractivity contribution is 7.99. The average molecular weight is 374 g/mol. The molecule has 2 aromatic carbocycles. The zero-order valence-electron chi connectivity index (χ0n) is 14.1. The molecule has 0 bridgehead atoms. The summed E-state index contributed by atoms with van der Waals surface area (Å²) < 4.78 is 0. The topological polar surface area (TPSA) is 84.7 Å². The van der Waals surface area contributed by atoms with Crippen molar-refractivity contribution in [1.29, 1.82) is 0 Å². The number of nitro groups is 1. The maximum absolute atomic E-state index is 11.2. The largest absolute Gasteiger partial charge is 0.332 e. The predicted octanol–water partition coefficient (Wildman–Crippen LogP) is 5.20. The summed E-state index contributed by atoms with van der Waals surface area (Å²) in [5.41, 5.74) is 3.58. The van der Waals surface area contributed by atoms with Gasteiger partial charge in [0.05, 0.1) is 16.3 Å². The molecule has 4 aromatic rings. The van der Waals surface area contributed by atoms with Crippen LogP contribution in [0, 0.1) is 10.1 Å². The lowest BCUT2D eigenvalue weighted by atomic mass is 10.1. The molecular weight excluding hydrogens is 360 g/mol. The van der Waals surface area contributed by atoms with Crippen LogP contribution in [0.15, 0.2) is 89.2 Å². The normalized spacial score (nSPS) is 10.7. The van der Waals surface area contributed by atoms with E-state index < -0.39 is 4.92 Å². The standard InChI is InChI=1S/C20H14N4O2S/c25-24(26)16-12-7-13-21-19(16)27-20-22-17(14-8-3-1-4-9-14)18(23-20)15-10-5-2-6-11-15/h1-13H,(H,22,23). The van der Waals surface area contributed by atoms with Crippen molar-refractivity contribution in [2.24, 2.45) is 0 Å². The molecule has 0 aliphatic carbocycles. The Morgan fingerprint density at radius 1 is 0.889 bits per heavy atom. The van der Waals surface area contributed by atoms with Gasteiger partial charge < -0.3 is 4.98 Å². The summed E-state index contributed by atoms with van der Waals surface area (Å²) in [6, 6.07) is 22.7. The number of aromatic amines is 1. The highest BCUT2D eigenvalue weighted by Gasteiger charge is 2.19. The van der Waals surface area contributed by atoms with Gasteiger partial charge in [-0.25, -0.2) is 9.97 Å². The molecular formula is C20H14N4O2S. The molecule has 132 valence electrons. The highest BCUT2D eigenvalue weighted by Crippen LogP contribution is 2.36. The minimum absolute atomic E-state index is 0.0403. The van der Waals surface area contributed by atoms with E-state index in [4.69, 9.17) is 4.98 Å². The first-order valence-corrected chi connectivity index (χ1v) is 9.02. The van der Waals surface area contributed by atoms with Crippen molar-refractivity contribution >= 4 is 17.4 Å². The molecule has 0 amide bonds. The Hall–Kier alpha value is -3.45. The SMILES string of the molecule is O=[N+]([O-])c1cccnc1Sc1nc(-c2ccccc2)c(-c2ccccc2)[nH]1. The Labute approximate surface area is 159 Å². The van der Waals surface area contributed by atoms with Crippen molar-refractivity contribution in [2.45, 2.75) is 10.2 Å². The van der Waals surface area contributed by atoms with Crippen LogP contribution in [0.1, 0.15) is 0 Å². The predicted molar refractivity (Wildman–Crippen MR) is 104 cm³/mol. The second-order valence-corrected chi connectivity index (χ2v) is 6.66. The van der Waals surface area contributed by atoms with Crippen LogP contribution >= 0.6 is 11.8 Å². The van der Waals surface area contributed by atoms with Crippen LogP contribution in [0.25, 0.3) is 22.5 Å². The summed E-state index contributed by atoms with van der Waals surface area (Å²) in [5.74, 6) is 0. The number of benzene rings is 2. The highest BCUT2D eigenvalue weighted by atomic mass is 32.2. The van der Waals surface area contributed by atoms with Crippen LogP contribution in [0.5, 0.6) is 0 Å². The van der Waals surface area contributed by atoms with Crippen LogP contribution in [0.4, 0.5) is 5.69 Å². The summed E-state index contributed by atoms with van der Waals surface area (Å²) in [6.07, 6.45) is 1.54. The number of pyridine rings is 1. The molecule has 0 aliphatic rings. The van der Waals surface area contributed by atoms with Gasteiger partial charge in [-0.2, -0.15) is 0 Å². The van der Waals surface area contributed by atoms with Crippen molar-refractivity contribution in [3.05, 3.63) is 89.1 Å². The Morgan fingerprint density at radius 3 is 2.22 bits per heavy atom. The van der Waals surface area contributed by atoms with Gasteiger partial charge in [0.2, 0.25) is 0 Å². The Kier molecular flexibility index (Phi) is 4.67. The molecule has 6 nitrogen and oxygen atoms in total. The lowest BCUT2D eigenvalue weighted by molar-refractivity contribution is -0.388. The van der Waals surface area contributed by atoms with Gasteiger partial charge in [0.1, 0.15) is 0 Å². The number of imidazole rings is 1. The van der Waals surface area contributed by atoms with E-state index in [-0.39, 0.29) is 5.69 Å². The fourth-order valence-corrected chi connectivity index (χ4v) is 3.54. The zero-order valence-corrected chi connectivity index (χ0v) is 14.9. The van der Waals surface area contributed by atoms with E-state index >= 15 is 0 Å². The van der Waals surface area contributed by atoms with Gasteiger partial charge in [0.25, 0.3) is 0 Å². The smallest absolute Gasteiger partial charge is 0.301 e. The van der Waals surface area contributed by atoms with Crippen molar-refractivity contribution < 1.29 is 4.92 Å². The second kappa shape index (κ2) is 7.43. The Balaban J connectivity index is 1.80. The van der Waals surface area contributed by atoms with Gasteiger partial charge in [0.15, 0.2) is 10.2 Å². The molecule has 4 rings (SSSR count). The van der Waals surface area contributed by atoms with E-state index in [2.05, 4.69) is 9.97 Å². The van der Waals surface area contributed by atoms with E-state index in [1.54, 1.807) is 6.07 Å². The summed E-state index contributed by atoms with van der Waals surface area (Å²) >= 11 is 1.15. The third-order valence-electron chi connectivity index (χ3n) is 3.93. The summed E-state index contributed by atoms with van der Waals surface area (Å²) in [4.78, 5) is 23.0. The summed E-state index contributed by atoms with van der Waals surface area (Å²) in [6.45, 7) is 0. The maximum Gasteiger partial charge on any atom is 0.301 e. The van der Waals surface area contributed by atoms with Crippen LogP contribution in [-0.4, -0.2) is 19.9 Å². The van der Waals surface area contributed by atoms with E-state index in [0.717, 1.165) is 34.3 Å². The van der Waals surface area contributed by atoms with Crippen LogP contribution < -0.4 is 0 Å². The molecule has 1 N–H and O–H groups in total. The molecule has 27 heavy (non-hydrogen) atoms. The lowest BCUT2D eigenvalue weighted by Gasteiger charge is -2.02. The molecule has 2 heterocycles. The number of aromatic nitrogens is 3. The van der Waals surface area contributed by atoms with Crippen LogP contribution in [-0.2, 0) is 0 Å². The summed E-state index contributed by atoms with van der Waals surface area (Å²) in [7, 11) is 0. The molecule has 0 radical (unpaired) electrons. The average Bonchev–Trinajstić information content (AvgIpc) is 3.13. The van der Waals surface area contributed by atoms with Crippen molar-refractivity contribution in [3.63, 3.8) is 0 Å². The van der Waals surface area contributed by atoms with Gasteiger partial charge in [-0.1, -0.05) is 60.7 Å². The Bertz CT molecular complexity index is 1020. The van der Waals surface area contributed by atoms with Crippen LogP contribution in [0.3, 0.4) is 0 Å². The summed E-state index contributed by atoms with van der Waals surface area (Å²) in [5, 5.41) is 12.1. The molecule has 0 unspecified atom stereocenters. The van der Waals surface area contributed by atoms with Gasteiger partial charge in [-0.05, 0) is 17.8 Å². The molecule has 0 atom stereocenters. The van der Waals surface area contributed by atoms with E-state index in [1.165, 1.54) is 12.3 Å². The van der Waals surface area contributed by atoms with Crippen molar-refractivity contribution in [2.75, 3.05) is 0 Å². The molecule has 0 saturated carbocycles. The van der Waals surface area contributed by atoms with Gasteiger partial charge >= 0.3 is 5.69 Å². The van der Waals surface area contributed by atoms with E-state index in [0.29, 0.717) is 10.2 Å². The molecule has 0 saturated heterocycles. The molecule has 0 fully saturated rings. The number of nitrogens with one attached hydrogen (secondary N) is 1. The first-order chi connectivity index (χ1) is 13.2. The monoisotopic (exact) mass is 374 g/mol. The number of rotatable bonds is 5. The third kappa shape index (κ3) is 3.58. The van der Waals surface area contributed by atoms with Gasteiger partial charge in [-0.15, -0.1) is 0 Å². The first kappa shape index (κ1) is 17.0. The number of hydrogen-bond acceptors (Lipinski definition) is 5. The number of H-pyrrole nitrogens is 1. The minimum atomic E-state index is -0.436. The molecule has 0 aliphatic heterocycles. The first-order valence-electron chi connectivity index (χ1n) is 8.20. The van der Waals surface area contributed by atoms with Gasteiger partial charge in [-0.3, -0.25) is 10.1 Å². The van der Waals surface area contributed by atoms with Crippen molar-refractivity contribution in [3.8, 4) is 22.5 Å². The van der Waals surface area contributed by atoms with E-state index in [1.807, 2.05) is 60.7 Å². The van der Waals surface area contributed by atoms with Crippen LogP contribution in [0.2, 0.25) is 0 Å². The molecule has 0 spiro atoms. The molecule has 2 aromatic heterocycles. The number of nitrogens with zero attached hydrogens (tertiary/aromatic N) is 3. The zero-order chi connectivity index (χ0) is 18.6. The third-order valence-corrected chi connectivity index (χ3v) is 4.83. The van der Waals surface area contributed by atoms with E-state index in [9.17, 15) is 10.1 Å². The fraction of sp³-hybridized carbons (Fsp3) is 0. The number of hydrogen-bond donors (Lipinski definition) is 1. The lowest BCUT2D eigenvalue weighted by Crippen LogP contribution is -1.92. The quantitative estimate of drug-likeness (QED) is 0.383. The maximum atomic E-state index is 11.2. The second-order valence-electron chi connectivity index (χ2n) is 5.68. The molecule has 7 heteroatoms. The van der Waals surface area contributed by atoms with Crippen molar-refractivity contribution in [1.82, 2.24) is 15.0 Å².